The molecule has 9 heteroatoms. The van der Waals surface area contributed by atoms with E-state index in [1.165, 1.54) is 6.07 Å². The standard InChI is InChI=1S/C21H30N4O5/c1-6-11-29-19(27)17-13(2)23-25-15(12-16(26)22-18(17)25)14-7-9-24(10-8-14)20(28)30-21(3,4)5/h12,14H,6-11H2,1-5H3,(H,22,26). The maximum atomic E-state index is 12.5. The Hall–Kier alpha value is -2.84. The topological polar surface area (TPSA) is 106 Å². The number of hydrogen-bond donors (Lipinski definition) is 1. The molecule has 0 spiro atoms. The third-order valence-corrected chi connectivity index (χ3v) is 5.03. The molecule has 9 nitrogen and oxygen atoms in total. The molecule has 1 N–H and O–H groups in total. The first-order chi connectivity index (χ1) is 14.1. The van der Waals surface area contributed by atoms with Crippen LogP contribution < -0.4 is 5.56 Å². The molecule has 164 valence electrons. The molecule has 0 aliphatic carbocycles. The second kappa shape index (κ2) is 8.49. The summed E-state index contributed by atoms with van der Waals surface area (Å²) < 4.78 is 12.3. The van der Waals surface area contributed by atoms with Gasteiger partial charge < -0.3 is 19.4 Å². The zero-order chi connectivity index (χ0) is 22.1. The molecule has 3 heterocycles. The highest BCUT2D eigenvalue weighted by Gasteiger charge is 2.30. The molecule has 0 saturated carbocycles. The lowest BCUT2D eigenvalue weighted by atomic mass is 9.93. The lowest BCUT2D eigenvalue weighted by Gasteiger charge is -2.33. The summed E-state index contributed by atoms with van der Waals surface area (Å²) in [4.78, 5) is 41.5. The molecule has 0 aromatic carbocycles. The number of hydrogen-bond acceptors (Lipinski definition) is 6. The number of aromatic amines is 1. The van der Waals surface area contributed by atoms with Gasteiger partial charge in [-0.2, -0.15) is 5.10 Å². The quantitative estimate of drug-likeness (QED) is 0.765. The van der Waals surface area contributed by atoms with Crippen molar-refractivity contribution < 1.29 is 19.1 Å². The fourth-order valence-electron chi connectivity index (χ4n) is 3.66. The highest BCUT2D eigenvalue weighted by atomic mass is 16.6. The highest BCUT2D eigenvalue weighted by Crippen LogP contribution is 2.29. The maximum absolute atomic E-state index is 12.5. The number of fused-ring (bicyclic) bond motifs is 1. The number of nitrogens with one attached hydrogen (secondary N) is 1. The number of nitrogens with zero attached hydrogens (tertiary/aromatic N) is 3. The van der Waals surface area contributed by atoms with Crippen molar-refractivity contribution in [1.82, 2.24) is 19.5 Å². The summed E-state index contributed by atoms with van der Waals surface area (Å²) in [5, 5.41) is 4.50. The van der Waals surface area contributed by atoms with E-state index in [4.69, 9.17) is 9.47 Å². The van der Waals surface area contributed by atoms with Crippen molar-refractivity contribution in [2.24, 2.45) is 0 Å². The minimum absolute atomic E-state index is 0.0345. The van der Waals surface area contributed by atoms with Crippen LogP contribution in [0.2, 0.25) is 0 Å². The molecular formula is C21H30N4O5. The van der Waals surface area contributed by atoms with Gasteiger partial charge in [0.25, 0.3) is 5.56 Å². The van der Waals surface area contributed by atoms with Crippen molar-refractivity contribution in [2.75, 3.05) is 19.7 Å². The van der Waals surface area contributed by atoms with E-state index in [0.29, 0.717) is 50.3 Å². The predicted octanol–water partition coefficient (Wildman–Crippen LogP) is 3.01. The first-order valence-electron chi connectivity index (χ1n) is 10.4. The lowest BCUT2D eigenvalue weighted by Crippen LogP contribution is -2.41. The van der Waals surface area contributed by atoms with Gasteiger partial charge in [-0.1, -0.05) is 6.92 Å². The molecule has 30 heavy (non-hydrogen) atoms. The van der Waals surface area contributed by atoms with Gasteiger partial charge in [-0.15, -0.1) is 0 Å². The third-order valence-electron chi connectivity index (χ3n) is 5.03. The molecule has 0 atom stereocenters. The van der Waals surface area contributed by atoms with Crippen LogP contribution in [-0.2, 0) is 9.47 Å². The van der Waals surface area contributed by atoms with E-state index < -0.39 is 11.6 Å². The van der Waals surface area contributed by atoms with Crippen LogP contribution >= 0.6 is 0 Å². The first kappa shape index (κ1) is 21.9. The van der Waals surface area contributed by atoms with E-state index in [0.717, 1.165) is 5.69 Å². The summed E-state index contributed by atoms with van der Waals surface area (Å²) in [7, 11) is 0. The van der Waals surface area contributed by atoms with E-state index in [1.807, 2.05) is 27.7 Å². The molecule has 0 radical (unpaired) electrons. The summed E-state index contributed by atoms with van der Waals surface area (Å²) in [6, 6.07) is 1.52. The summed E-state index contributed by atoms with van der Waals surface area (Å²) in [6.07, 6.45) is 1.73. The smallest absolute Gasteiger partial charge is 0.410 e. The van der Waals surface area contributed by atoms with Crippen molar-refractivity contribution in [1.29, 1.82) is 0 Å². The van der Waals surface area contributed by atoms with E-state index in [2.05, 4.69) is 10.1 Å². The van der Waals surface area contributed by atoms with E-state index >= 15 is 0 Å². The number of amides is 1. The zero-order valence-electron chi connectivity index (χ0n) is 18.3. The van der Waals surface area contributed by atoms with Gasteiger partial charge in [0, 0.05) is 25.1 Å². The fourth-order valence-corrected chi connectivity index (χ4v) is 3.66. The third kappa shape index (κ3) is 4.66. The number of rotatable bonds is 4. The molecule has 1 aliphatic rings. The normalized spacial score (nSPS) is 15.4. The number of piperidine rings is 1. The molecule has 1 aliphatic heterocycles. The minimum atomic E-state index is -0.539. The van der Waals surface area contributed by atoms with Gasteiger partial charge >= 0.3 is 12.1 Å². The van der Waals surface area contributed by atoms with Crippen molar-refractivity contribution in [3.8, 4) is 0 Å². The van der Waals surface area contributed by atoms with E-state index in [1.54, 1.807) is 16.3 Å². The molecule has 2 aromatic heterocycles. The summed E-state index contributed by atoms with van der Waals surface area (Å²) in [6.45, 7) is 10.5. The van der Waals surface area contributed by atoms with Gasteiger partial charge in [-0.3, -0.25) is 4.79 Å². The van der Waals surface area contributed by atoms with Crippen LogP contribution in [-0.4, -0.2) is 56.9 Å². The summed E-state index contributed by atoms with van der Waals surface area (Å²) in [5.41, 5.74) is 1.04. The number of ether oxygens (including phenoxy) is 2. The number of likely N-dealkylation sites (tertiary alicyclic amines) is 1. The average molecular weight is 418 g/mol. The van der Waals surface area contributed by atoms with Crippen LogP contribution in [0.15, 0.2) is 10.9 Å². The van der Waals surface area contributed by atoms with Crippen molar-refractivity contribution in [2.45, 2.75) is 65.4 Å². The van der Waals surface area contributed by atoms with E-state index in [-0.39, 0.29) is 23.1 Å². The Bertz CT molecular complexity index is 993. The average Bonchev–Trinajstić information content (AvgIpc) is 3.00. The largest absolute Gasteiger partial charge is 0.462 e. The number of carbonyl (C=O) groups is 2. The Morgan fingerprint density at radius 3 is 2.53 bits per heavy atom. The second-order valence-corrected chi connectivity index (χ2v) is 8.66. The van der Waals surface area contributed by atoms with Crippen molar-refractivity contribution in [3.05, 3.63) is 33.4 Å². The Morgan fingerprint density at radius 1 is 1.27 bits per heavy atom. The van der Waals surface area contributed by atoms with Gasteiger partial charge in [-0.05, 0) is 47.0 Å². The van der Waals surface area contributed by atoms with Crippen LogP contribution in [0, 0.1) is 6.92 Å². The minimum Gasteiger partial charge on any atom is -0.462 e. The Labute approximate surface area is 175 Å². The molecule has 1 amide bonds. The Kier molecular flexibility index (Phi) is 6.19. The molecule has 3 rings (SSSR count). The van der Waals surface area contributed by atoms with Gasteiger partial charge in [-0.25, -0.2) is 14.1 Å². The van der Waals surface area contributed by atoms with Crippen LogP contribution in [0.1, 0.15) is 74.6 Å². The van der Waals surface area contributed by atoms with E-state index in [9.17, 15) is 14.4 Å². The molecule has 0 unspecified atom stereocenters. The number of aromatic nitrogens is 3. The molecular weight excluding hydrogens is 388 g/mol. The van der Waals surface area contributed by atoms with Crippen molar-refractivity contribution in [3.63, 3.8) is 0 Å². The van der Waals surface area contributed by atoms with Crippen LogP contribution in [0.4, 0.5) is 4.79 Å². The van der Waals surface area contributed by atoms with Crippen LogP contribution in [0.25, 0.3) is 5.65 Å². The van der Waals surface area contributed by atoms with Gasteiger partial charge in [0.05, 0.1) is 18.0 Å². The Morgan fingerprint density at radius 2 is 1.93 bits per heavy atom. The lowest BCUT2D eigenvalue weighted by molar-refractivity contribution is 0.0203. The SMILES string of the molecule is CCCOC(=O)c1c(C)nn2c(C3CCN(C(=O)OC(C)(C)C)CC3)cc(=O)[nH]c12. The number of H-pyrrole nitrogens is 1. The summed E-state index contributed by atoms with van der Waals surface area (Å²) in [5.74, 6) is -0.454. The van der Waals surface area contributed by atoms with Crippen molar-refractivity contribution >= 4 is 17.7 Å². The zero-order valence-corrected chi connectivity index (χ0v) is 18.3. The molecule has 1 fully saturated rings. The van der Waals surface area contributed by atoms with Crippen LogP contribution in [0.3, 0.4) is 0 Å². The highest BCUT2D eigenvalue weighted by molar-refractivity contribution is 5.97. The number of carbonyl (C=O) groups excluding carboxylic acids is 2. The molecule has 2 aromatic rings. The first-order valence-corrected chi connectivity index (χ1v) is 10.4. The second-order valence-electron chi connectivity index (χ2n) is 8.66. The molecule has 0 bridgehead atoms. The maximum Gasteiger partial charge on any atom is 0.410 e. The number of aryl methyl sites for hydroxylation is 1. The van der Waals surface area contributed by atoms with Gasteiger partial charge in [0.1, 0.15) is 11.2 Å². The monoisotopic (exact) mass is 418 g/mol. The Balaban J connectivity index is 1.85. The number of esters is 1. The van der Waals surface area contributed by atoms with Gasteiger partial charge in [0.15, 0.2) is 5.65 Å². The summed E-state index contributed by atoms with van der Waals surface area (Å²) >= 11 is 0. The van der Waals surface area contributed by atoms with Gasteiger partial charge in [0.2, 0.25) is 0 Å². The fraction of sp³-hybridized carbons (Fsp3) is 0.619. The van der Waals surface area contributed by atoms with Crippen LogP contribution in [0.5, 0.6) is 0 Å². The molecule has 1 saturated heterocycles. The predicted molar refractivity (Wildman–Crippen MR) is 111 cm³/mol.